The van der Waals surface area contributed by atoms with Crippen molar-refractivity contribution < 1.29 is 4.79 Å². The Morgan fingerprint density at radius 2 is 2.24 bits per heavy atom. The average Bonchev–Trinajstić information content (AvgIpc) is 3.04. The summed E-state index contributed by atoms with van der Waals surface area (Å²) >= 11 is 1.45. The molecule has 0 radical (unpaired) electrons. The first-order valence-corrected chi connectivity index (χ1v) is 7.48. The summed E-state index contributed by atoms with van der Waals surface area (Å²) in [6, 6.07) is 5.89. The molecular formula is C15H16N4OS. The Bertz CT molecular complexity index is 790. The van der Waals surface area contributed by atoms with Crippen molar-refractivity contribution in [1.29, 1.82) is 0 Å². The normalized spacial score (nSPS) is 10.8. The van der Waals surface area contributed by atoms with E-state index in [2.05, 4.69) is 39.7 Å². The second kappa shape index (κ2) is 5.57. The van der Waals surface area contributed by atoms with E-state index in [4.69, 9.17) is 0 Å². The molecule has 3 aromatic rings. The number of aromatic amines is 1. The first kappa shape index (κ1) is 13.6. The minimum Gasteiger partial charge on any atom is -0.361 e. The third-order valence-corrected chi connectivity index (χ3v) is 4.12. The number of thiazole rings is 1. The average molecular weight is 300 g/mol. The summed E-state index contributed by atoms with van der Waals surface area (Å²) in [4.78, 5) is 20.3. The van der Waals surface area contributed by atoms with Gasteiger partial charge < -0.3 is 10.3 Å². The van der Waals surface area contributed by atoms with Gasteiger partial charge in [0.2, 0.25) is 0 Å². The Labute approximate surface area is 126 Å². The van der Waals surface area contributed by atoms with Crippen LogP contribution in [0, 0.1) is 13.8 Å². The summed E-state index contributed by atoms with van der Waals surface area (Å²) < 4.78 is 0. The van der Waals surface area contributed by atoms with Crippen molar-refractivity contribution >= 4 is 33.4 Å². The quantitative estimate of drug-likeness (QED) is 0.692. The molecule has 6 heteroatoms. The van der Waals surface area contributed by atoms with Crippen LogP contribution in [0.1, 0.15) is 16.0 Å². The van der Waals surface area contributed by atoms with Gasteiger partial charge in [0.1, 0.15) is 0 Å². The highest BCUT2D eigenvalue weighted by molar-refractivity contribution is 7.15. The summed E-state index contributed by atoms with van der Waals surface area (Å²) in [7, 11) is 0. The van der Waals surface area contributed by atoms with E-state index in [0.29, 0.717) is 11.7 Å². The van der Waals surface area contributed by atoms with E-state index in [-0.39, 0.29) is 6.03 Å². The van der Waals surface area contributed by atoms with E-state index >= 15 is 0 Å². The minimum atomic E-state index is -0.244. The highest BCUT2D eigenvalue weighted by Crippen LogP contribution is 2.21. The van der Waals surface area contributed by atoms with Crippen LogP contribution in [0.2, 0.25) is 0 Å². The fourth-order valence-electron chi connectivity index (χ4n) is 2.24. The van der Waals surface area contributed by atoms with Crippen LogP contribution >= 0.6 is 11.3 Å². The molecule has 3 N–H and O–H groups in total. The van der Waals surface area contributed by atoms with Gasteiger partial charge in [-0.05, 0) is 25.0 Å². The second-order valence-corrected chi connectivity index (χ2v) is 6.13. The van der Waals surface area contributed by atoms with Crippen molar-refractivity contribution in [1.82, 2.24) is 15.3 Å². The monoisotopic (exact) mass is 300 g/mol. The number of anilines is 1. The third kappa shape index (κ3) is 2.90. The van der Waals surface area contributed by atoms with Gasteiger partial charge >= 0.3 is 6.03 Å². The summed E-state index contributed by atoms with van der Waals surface area (Å²) in [6.07, 6.45) is 3.67. The molecule has 2 amide bonds. The van der Waals surface area contributed by atoms with Crippen LogP contribution in [-0.4, -0.2) is 16.0 Å². The fraction of sp³-hybridized carbons (Fsp3) is 0.200. The molecule has 0 atom stereocenters. The number of hydrogen-bond acceptors (Lipinski definition) is 3. The van der Waals surface area contributed by atoms with Gasteiger partial charge in [-0.2, -0.15) is 0 Å². The van der Waals surface area contributed by atoms with E-state index < -0.39 is 0 Å². The lowest BCUT2D eigenvalue weighted by molar-refractivity contribution is 0.252. The SMILES string of the molecule is Cc1cnc(NC(=O)NCc2c[nH]c3c(C)cccc23)s1. The van der Waals surface area contributed by atoms with Crippen molar-refractivity contribution in [2.24, 2.45) is 0 Å². The van der Waals surface area contributed by atoms with Gasteiger partial charge in [-0.25, -0.2) is 9.78 Å². The van der Waals surface area contributed by atoms with Gasteiger partial charge in [0, 0.05) is 34.7 Å². The molecule has 0 aliphatic heterocycles. The summed E-state index contributed by atoms with van der Waals surface area (Å²) in [5.74, 6) is 0. The Hall–Kier alpha value is -2.34. The molecule has 0 unspecified atom stereocenters. The number of carbonyl (C=O) groups is 1. The lowest BCUT2D eigenvalue weighted by atomic mass is 10.1. The topological polar surface area (TPSA) is 69.8 Å². The molecule has 0 saturated carbocycles. The van der Waals surface area contributed by atoms with Gasteiger partial charge in [-0.1, -0.05) is 18.2 Å². The number of nitrogens with zero attached hydrogens (tertiary/aromatic N) is 1. The molecule has 0 bridgehead atoms. The summed E-state index contributed by atoms with van der Waals surface area (Å²) in [5, 5.41) is 7.33. The van der Waals surface area contributed by atoms with E-state index in [0.717, 1.165) is 21.3 Å². The maximum Gasteiger partial charge on any atom is 0.321 e. The van der Waals surface area contributed by atoms with E-state index in [1.54, 1.807) is 6.20 Å². The largest absolute Gasteiger partial charge is 0.361 e. The van der Waals surface area contributed by atoms with Crippen LogP contribution in [0.3, 0.4) is 0 Å². The van der Waals surface area contributed by atoms with Crippen LogP contribution in [0.5, 0.6) is 0 Å². The van der Waals surface area contributed by atoms with Gasteiger partial charge in [0.25, 0.3) is 0 Å². The fourth-order valence-corrected chi connectivity index (χ4v) is 2.90. The number of aryl methyl sites for hydroxylation is 2. The summed E-state index contributed by atoms with van der Waals surface area (Å²) in [6.45, 7) is 4.49. The highest BCUT2D eigenvalue weighted by Gasteiger charge is 2.08. The van der Waals surface area contributed by atoms with Crippen LogP contribution < -0.4 is 10.6 Å². The van der Waals surface area contributed by atoms with E-state index in [1.165, 1.54) is 16.9 Å². The van der Waals surface area contributed by atoms with Crippen LogP contribution in [-0.2, 0) is 6.54 Å². The molecule has 0 aliphatic carbocycles. The Balaban J connectivity index is 1.66. The van der Waals surface area contributed by atoms with Crippen molar-refractivity contribution in [2.45, 2.75) is 20.4 Å². The molecular weight excluding hydrogens is 284 g/mol. The molecule has 2 aromatic heterocycles. The number of urea groups is 1. The maximum atomic E-state index is 11.9. The van der Waals surface area contributed by atoms with Gasteiger partial charge in [-0.15, -0.1) is 11.3 Å². The molecule has 5 nitrogen and oxygen atoms in total. The number of carbonyl (C=O) groups excluding carboxylic acids is 1. The number of benzene rings is 1. The number of hydrogen-bond donors (Lipinski definition) is 3. The van der Waals surface area contributed by atoms with Crippen LogP contribution in [0.15, 0.2) is 30.6 Å². The van der Waals surface area contributed by atoms with Crippen LogP contribution in [0.25, 0.3) is 10.9 Å². The third-order valence-electron chi connectivity index (χ3n) is 3.29. The van der Waals surface area contributed by atoms with E-state index in [1.807, 2.05) is 19.2 Å². The van der Waals surface area contributed by atoms with Gasteiger partial charge in [-0.3, -0.25) is 5.32 Å². The first-order valence-electron chi connectivity index (χ1n) is 6.66. The van der Waals surface area contributed by atoms with E-state index in [9.17, 15) is 4.79 Å². The zero-order valence-corrected chi connectivity index (χ0v) is 12.7. The molecule has 0 aliphatic rings. The molecule has 0 fully saturated rings. The molecule has 21 heavy (non-hydrogen) atoms. The Morgan fingerprint density at radius 3 is 3.00 bits per heavy atom. The molecule has 2 heterocycles. The molecule has 0 spiro atoms. The van der Waals surface area contributed by atoms with Gasteiger partial charge in [0.05, 0.1) is 0 Å². The van der Waals surface area contributed by atoms with Gasteiger partial charge in [0.15, 0.2) is 5.13 Å². The Morgan fingerprint density at radius 1 is 1.38 bits per heavy atom. The predicted molar refractivity (Wildman–Crippen MR) is 85.7 cm³/mol. The zero-order chi connectivity index (χ0) is 14.8. The van der Waals surface area contributed by atoms with Crippen molar-refractivity contribution in [3.05, 3.63) is 46.6 Å². The highest BCUT2D eigenvalue weighted by atomic mass is 32.1. The minimum absolute atomic E-state index is 0.244. The number of para-hydroxylation sites is 1. The summed E-state index contributed by atoms with van der Waals surface area (Å²) in [5.41, 5.74) is 3.38. The first-order chi connectivity index (χ1) is 10.1. The second-order valence-electron chi connectivity index (χ2n) is 4.90. The molecule has 0 saturated heterocycles. The number of aromatic nitrogens is 2. The van der Waals surface area contributed by atoms with Crippen molar-refractivity contribution in [3.63, 3.8) is 0 Å². The molecule has 3 rings (SSSR count). The lowest BCUT2D eigenvalue weighted by Gasteiger charge is -2.04. The number of fused-ring (bicyclic) bond motifs is 1. The standard InChI is InChI=1S/C15H16N4OS/c1-9-4-3-5-12-11(7-16-13(9)12)8-17-14(20)19-15-18-6-10(2)21-15/h3-7,16H,8H2,1-2H3,(H2,17,18,19,20). The number of amides is 2. The molecule has 108 valence electrons. The smallest absolute Gasteiger partial charge is 0.321 e. The van der Waals surface area contributed by atoms with Crippen molar-refractivity contribution in [2.75, 3.05) is 5.32 Å². The number of rotatable bonds is 3. The predicted octanol–water partition coefficient (Wildman–Crippen LogP) is 3.56. The number of nitrogens with one attached hydrogen (secondary N) is 3. The van der Waals surface area contributed by atoms with Crippen molar-refractivity contribution in [3.8, 4) is 0 Å². The van der Waals surface area contributed by atoms with Crippen LogP contribution in [0.4, 0.5) is 9.93 Å². The Kier molecular flexibility index (Phi) is 3.62. The maximum absolute atomic E-state index is 11.9. The zero-order valence-electron chi connectivity index (χ0n) is 11.9. The lowest BCUT2D eigenvalue weighted by Crippen LogP contribution is -2.27. The number of H-pyrrole nitrogens is 1. The molecule has 1 aromatic carbocycles.